The molecule has 0 radical (unpaired) electrons. The number of amidine groups is 1. The van der Waals surface area contributed by atoms with Gasteiger partial charge in [0, 0.05) is 25.0 Å². The number of nitrogens with one attached hydrogen (secondary N) is 1. The van der Waals surface area contributed by atoms with Crippen LogP contribution in [0.1, 0.15) is 37.3 Å². The van der Waals surface area contributed by atoms with E-state index in [9.17, 15) is 0 Å². The summed E-state index contributed by atoms with van der Waals surface area (Å²) in [5.74, 6) is 1.18. The van der Waals surface area contributed by atoms with Crippen molar-refractivity contribution in [3.05, 3.63) is 35.9 Å². The zero-order valence-corrected chi connectivity index (χ0v) is 10.7. The minimum Gasteiger partial charge on any atom is -0.388 e. The molecule has 2 fully saturated rings. The fourth-order valence-corrected chi connectivity index (χ4v) is 3.65. The molecule has 3 heteroatoms. The van der Waals surface area contributed by atoms with Crippen LogP contribution in [0.3, 0.4) is 0 Å². The summed E-state index contributed by atoms with van der Waals surface area (Å²) in [5.41, 5.74) is 6.96. The molecular formula is C15H21N3. The van der Waals surface area contributed by atoms with Gasteiger partial charge in [-0.25, -0.2) is 0 Å². The molecule has 1 heterocycles. The van der Waals surface area contributed by atoms with E-state index in [1.165, 1.54) is 31.4 Å². The number of hydrogen-bond donors (Lipinski definition) is 2. The van der Waals surface area contributed by atoms with Gasteiger partial charge in [0.25, 0.3) is 0 Å². The van der Waals surface area contributed by atoms with E-state index in [0.29, 0.717) is 18.3 Å². The Morgan fingerprint density at radius 1 is 1.33 bits per heavy atom. The molecule has 1 aliphatic carbocycles. The van der Waals surface area contributed by atoms with Crippen LogP contribution >= 0.6 is 0 Å². The number of fused-ring (bicyclic) bond motifs is 2. The average molecular weight is 243 g/mol. The summed E-state index contributed by atoms with van der Waals surface area (Å²) in [6.45, 7) is 1.19. The average Bonchev–Trinajstić information content (AvgIpc) is 2.99. The van der Waals surface area contributed by atoms with Crippen LogP contribution in [0.4, 0.5) is 0 Å². The number of hydrogen-bond acceptors (Lipinski definition) is 2. The monoisotopic (exact) mass is 243 g/mol. The quantitative estimate of drug-likeness (QED) is 0.630. The summed E-state index contributed by atoms with van der Waals surface area (Å²) < 4.78 is 0. The molecule has 3 rings (SSSR count). The normalized spacial score (nSPS) is 28.4. The molecule has 1 aromatic rings. The number of rotatable bonds is 4. The second-order valence-electron chi connectivity index (χ2n) is 5.69. The van der Waals surface area contributed by atoms with Gasteiger partial charge < -0.3 is 5.73 Å². The highest BCUT2D eigenvalue weighted by Crippen LogP contribution is 2.42. The van der Waals surface area contributed by atoms with E-state index in [1.807, 2.05) is 6.07 Å². The Kier molecular flexibility index (Phi) is 3.08. The van der Waals surface area contributed by atoms with Gasteiger partial charge >= 0.3 is 0 Å². The van der Waals surface area contributed by atoms with Crippen LogP contribution in [0, 0.1) is 11.3 Å². The lowest BCUT2D eigenvalue weighted by atomic mass is 9.98. The minimum atomic E-state index is 0.298. The minimum absolute atomic E-state index is 0.298. The molecule has 1 aliphatic heterocycles. The van der Waals surface area contributed by atoms with Crippen LogP contribution in [0.2, 0.25) is 0 Å². The smallest absolute Gasteiger partial charge is 0.0924 e. The van der Waals surface area contributed by atoms with Crippen molar-refractivity contribution in [2.45, 2.75) is 37.8 Å². The van der Waals surface area contributed by atoms with Gasteiger partial charge in [-0.3, -0.25) is 10.3 Å². The molecule has 3 nitrogen and oxygen atoms in total. The van der Waals surface area contributed by atoms with Crippen LogP contribution in [0.25, 0.3) is 0 Å². The van der Waals surface area contributed by atoms with E-state index in [2.05, 4.69) is 29.2 Å². The van der Waals surface area contributed by atoms with E-state index in [1.54, 1.807) is 0 Å². The van der Waals surface area contributed by atoms with Crippen molar-refractivity contribution in [2.24, 2.45) is 11.7 Å². The summed E-state index contributed by atoms with van der Waals surface area (Å²) in [4.78, 5) is 2.59. The molecule has 3 atom stereocenters. The Morgan fingerprint density at radius 2 is 2.11 bits per heavy atom. The van der Waals surface area contributed by atoms with Crippen LogP contribution in [-0.4, -0.2) is 23.3 Å². The summed E-state index contributed by atoms with van der Waals surface area (Å²) in [7, 11) is 0. The first-order valence-electron chi connectivity index (χ1n) is 6.87. The lowest BCUT2D eigenvalue weighted by Gasteiger charge is -2.35. The summed E-state index contributed by atoms with van der Waals surface area (Å²) in [6.07, 6.45) is 4.73. The van der Waals surface area contributed by atoms with Gasteiger partial charge in [-0.2, -0.15) is 0 Å². The Labute approximate surface area is 108 Å². The molecule has 96 valence electrons. The Hall–Kier alpha value is -1.35. The molecule has 2 aliphatic rings. The molecule has 0 aromatic heterocycles. The molecule has 2 bridgehead atoms. The largest absolute Gasteiger partial charge is 0.388 e. The number of benzene rings is 1. The predicted octanol–water partition coefficient (Wildman–Crippen LogP) is 2.54. The topological polar surface area (TPSA) is 53.1 Å². The van der Waals surface area contributed by atoms with Gasteiger partial charge in [0.05, 0.1) is 5.84 Å². The Bertz CT molecular complexity index is 429. The second-order valence-corrected chi connectivity index (χ2v) is 5.69. The van der Waals surface area contributed by atoms with Crippen molar-refractivity contribution in [1.82, 2.24) is 4.90 Å². The van der Waals surface area contributed by atoms with E-state index in [0.717, 1.165) is 12.0 Å². The predicted molar refractivity (Wildman–Crippen MR) is 73.5 cm³/mol. The third-order valence-electron chi connectivity index (χ3n) is 4.45. The van der Waals surface area contributed by atoms with Crippen molar-refractivity contribution < 1.29 is 0 Å². The lowest BCUT2D eigenvalue weighted by molar-refractivity contribution is 0.152. The van der Waals surface area contributed by atoms with Crippen LogP contribution in [0.5, 0.6) is 0 Å². The maximum absolute atomic E-state index is 7.62. The molecule has 18 heavy (non-hydrogen) atoms. The van der Waals surface area contributed by atoms with Crippen LogP contribution < -0.4 is 5.73 Å². The van der Waals surface area contributed by atoms with E-state index >= 15 is 0 Å². The van der Waals surface area contributed by atoms with Gasteiger partial charge in [-0.05, 0) is 30.7 Å². The van der Waals surface area contributed by atoms with Crippen LogP contribution in [0.15, 0.2) is 30.3 Å². The number of likely N-dealkylation sites (tertiary alicyclic amines) is 1. The third-order valence-corrected chi connectivity index (χ3v) is 4.45. The standard InChI is InChI=1S/C15H21N3/c16-15(17)9-14(12-4-2-1-3-5-12)18-10-11-6-7-13(18)8-11/h1-5,11,13-14H,6-10H2,(H3,16,17). The first-order valence-corrected chi connectivity index (χ1v) is 6.87. The van der Waals surface area contributed by atoms with Crippen molar-refractivity contribution in [2.75, 3.05) is 6.54 Å². The highest BCUT2D eigenvalue weighted by molar-refractivity contribution is 5.77. The molecule has 1 aromatic carbocycles. The highest BCUT2D eigenvalue weighted by atomic mass is 15.2. The summed E-state index contributed by atoms with van der Waals surface area (Å²) in [5, 5.41) is 7.62. The maximum Gasteiger partial charge on any atom is 0.0924 e. The summed E-state index contributed by atoms with van der Waals surface area (Å²) in [6, 6.07) is 11.6. The number of nitrogens with two attached hydrogens (primary N) is 1. The van der Waals surface area contributed by atoms with Gasteiger partial charge in [0.2, 0.25) is 0 Å². The first-order chi connectivity index (χ1) is 8.74. The molecule has 0 spiro atoms. The van der Waals surface area contributed by atoms with E-state index < -0.39 is 0 Å². The van der Waals surface area contributed by atoms with Crippen molar-refractivity contribution in [3.63, 3.8) is 0 Å². The van der Waals surface area contributed by atoms with Crippen LogP contribution in [-0.2, 0) is 0 Å². The molecule has 1 saturated carbocycles. The SMILES string of the molecule is N=C(N)CC(c1ccccc1)N1CC2CCC1C2. The Morgan fingerprint density at radius 3 is 2.67 bits per heavy atom. The molecule has 3 unspecified atom stereocenters. The van der Waals surface area contributed by atoms with Gasteiger partial charge in [0.15, 0.2) is 0 Å². The molecule has 1 saturated heterocycles. The maximum atomic E-state index is 7.62. The number of nitrogens with zero attached hydrogens (tertiary/aromatic N) is 1. The third kappa shape index (κ3) is 2.15. The molecule has 3 N–H and O–H groups in total. The zero-order chi connectivity index (χ0) is 12.5. The van der Waals surface area contributed by atoms with Crippen molar-refractivity contribution in [3.8, 4) is 0 Å². The number of piperidine rings is 1. The molecule has 0 amide bonds. The van der Waals surface area contributed by atoms with Crippen molar-refractivity contribution in [1.29, 1.82) is 5.41 Å². The fraction of sp³-hybridized carbons (Fsp3) is 0.533. The van der Waals surface area contributed by atoms with Gasteiger partial charge in [-0.1, -0.05) is 30.3 Å². The zero-order valence-electron chi connectivity index (χ0n) is 10.7. The second kappa shape index (κ2) is 4.73. The van der Waals surface area contributed by atoms with Crippen molar-refractivity contribution >= 4 is 5.84 Å². The highest BCUT2D eigenvalue weighted by Gasteiger charge is 2.41. The molecular weight excluding hydrogens is 222 g/mol. The van der Waals surface area contributed by atoms with E-state index in [4.69, 9.17) is 11.1 Å². The van der Waals surface area contributed by atoms with Gasteiger partial charge in [0.1, 0.15) is 0 Å². The fourth-order valence-electron chi connectivity index (χ4n) is 3.65. The lowest BCUT2D eigenvalue weighted by Crippen LogP contribution is -2.37. The first kappa shape index (κ1) is 11.7. The van der Waals surface area contributed by atoms with E-state index in [-0.39, 0.29) is 0 Å². The Balaban J connectivity index is 1.84. The summed E-state index contributed by atoms with van der Waals surface area (Å²) >= 11 is 0. The van der Waals surface area contributed by atoms with Gasteiger partial charge in [-0.15, -0.1) is 0 Å².